The summed E-state index contributed by atoms with van der Waals surface area (Å²) in [6.45, 7) is 2.05. The van der Waals surface area contributed by atoms with Crippen molar-refractivity contribution in [3.8, 4) is 0 Å². The fourth-order valence-corrected chi connectivity index (χ4v) is 5.82. The van der Waals surface area contributed by atoms with Gasteiger partial charge in [0.05, 0.1) is 37.3 Å². The third-order valence-corrected chi connectivity index (χ3v) is 7.72. The zero-order valence-electron chi connectivity index (χ0n) is 15.9. The molecule has 0 aromatic carbocycles. The van der Waals surface area contributed by atoms with Crippen LogP contribution in [0.1, 0.15) is 77.0 Å². The zero-order chi connectivity index (χ0) is 17.7. The van der Waals surface area contributed by atoms with Crippen LogP contribution < -0.4 is 0 Å². The summed E-state index contributed by atoms with van der Waals surface area (Å²) in [5, 5.41) is 0. The van der Waals surface area contributed by atoms with Gasteiger partial charge in [-0.15, -0.1) is 0 Å². The van der Waals surface area contributed by atoms with Gasteiger partial charge in [-0.2, -0.15) is 0 Å². The molecular weight excluding hydrogens is 332 g/mol. The second kappa shape index (κ2) is 6.26. The maximum absolute atomic E-state index is 13.5. The largest absolute Gasteiger partial charge is 0.349 e. The Morgan fingerprint density at radius 3 is 1.19 bits per heavy atom. The number of rotatable bonds is 0. The van der Waals surface area contributed by atoms with Gasteiger partial charge >= 0.3 is 0 Å². The van der Waals surface area contributed by atoms with Gasteiger partial charge in [-0.25, -0.2) is 0 Å². The minimum Gasteiger partial charge on any atom is -0.349 e. The molecule has 0 aromatic rings. The quantitative estimate of drug-likeness (QED) is 0.655. The molecule has 5 fully saturated rings. The smallest absolute Gasteiger partial charge is 0.168 e. The lowest BCUT2D eigenvalue weighted by Gasteiger charge is -2.48. The van der Waals surface area contributed by atoms with Crippen molar-refractivity contribution in [2.75, 3.05) is 26.4 Å². The first-order chi connectivity index (χ1) is 12.6. The number of hydrogen-bond donors (Lipinski definition) is 0. The van der Waals surface area contributed by atoms with E-state index < -0.39 is 22.4 Å². The summed E-state index contributed by atoms with van der Waals surface area (Å²) in [6, 6.07) is 0. The van der Waals surface area contributed by atoms with Crippen molar-refractivity contribution < 1.29 is 23.7 Å². The Bertz CT molecular complexity index is 491. The molecular formula is C21H32O5. The van der Waals surface area contributed by atoms with E-state index >= 15 is 0 Å². The standard InChI is InChI=1S/C21H32O5/c22-17-18(13-23-20(24-14-18)7-3-1-4-8-20)11-12-19(17)15-25-21(26-16-19)9-5-2-6-10-21/h1-16H2. The molecule has 146 valence electrons. The van der Waals surface area contributed by atoms with E-state index in [1.54, 1.807) is 0 Å². The molecule has 0 bridgehead atoms. The van der Waals surface area contributed by atoms with Crippen LogP contribution in [0.25, 0.3) is 0 Å². The van der Waals surface area contributed by atoms with Crippen molar-refractivity contribution in [1.29, 1.82) is 0 Å². The molecule has 0 amide bonds. The van der Waals surface area contributed by atoms with Crippen LogP contribution in [0.15, 0.2) is 0 Å². The molecule has 3 saturated carbocycles. The molecule has 2 aliphatic heterocycles. The van der Waals surface area contributed by atoms with Gasteiger partial charge in [0, 0.05) is 25.7 Å². The van der Waals surface area contributed by atoms with Gasteiger partial charge in [0.1, 0.15) is 0 Å². The first kappa shape index (κ1) is 17.6. The lowest BCUT2D eigenvalue weighted by Crippen LogP contribution is -2.57. The average Bonchev–Trinajstić information content (AvgIpc) is 2.96. The fourth-order valence-electron chi connectivity index (χ4n) is 5.82. The van der Waals surface area contributed by atoms with E-state index in [1.807, 2.05) is 0 Å². The third-order valence-electron chi connectivity index (χ3n) is 7.72. The highest BCUT2D eigenvalue weighted by Crippen LogP contribution is 2.53. The van der Waals surface area contributed by atoms with Crippen LogP contribution in [0.5, 0.6) is 0 Å². The van der Waals surface area contributed by atoms with Crippen molar-refractivity contribution in [3.63, 3.8) is 0 Å². The first-order valence-electron chi connectivity index (χ1n) is 10.7. The number of hydrogen-bond acceptors (Lipinski definition) is 5. The predicted octanol–water partition coefficient (Wildman–Crippen LogP) is 3.74. The van der Waals surface area contributed by atoms with E-state index in [9.17, 15) is 4.79 Å². The molecule has 0 radical (unpaired) electrons. The van der Waals surface area contributed by atoms with Crippen LogP contribution >= 0.6 is 0 Å². The van der Waals surface area contributed by atoms with Crippen molar-refractivity contribution in [3.05, 3.63) is 0 Å². The highest BCUT2D eigenvalue weighted by atomic mass is 16.7. The normalized spacial score (nSPS) is 38.4. The van der Waals surface area contributed by atoms with E-state index in [-0.39, 0.29) is 5.78 Å². The van der Waals surface area contributed by atoms with E-state index in [1.165, 1.54) is 12.8 Å². The number of carbonyl (C=O) groups is 1. The van der Waals surface area contributed by atoms with Crippen molar-refractivity contribution in [1.82, 2.24) is 0 Å². The molecule has 5 nitrogen and oxygen atoms in total. The van der Waals surface area contributed by atoms with Gasteiger partial charge in [-0.3, -0.25) is 4.79 Å². The van der Waals surface area contributed by atoms with Gasteiger partial charge in [0.15, 0.2) is 17.4 Å². The molecule has 2 saturated heterocycles. The Labute approximate surface area is 156 Å². The second-order valence-electron chi connectivity index (χ2n) is 9.49. The Morgan fingerprint density at radius 2 is 0.846 bits per heavy atom. The summed E-state index contributed by atoms with van der Waals surface area (Å²) >= 11 is 0. The van der Waals surface area contributed by atoms with Gasteiger partial charge in [0.25, 0.3) is 0 Å². The first-order valence-corrected chi connectivity index (χ1v) is 10.7. The summed E-state index contributed by atoms with van der Waals surface area (Å²) in [5.74, 6) is -0.558. The summed E-state index contributed by atoms with van der Waals surface area (Å²) in [6.07, 6.45) is 12.7. The number of ether oxygens (including phenoxy) is 4. The highest BCUT2D eigenvalue weighted by Gasteiger charge is 2.62. The maximum atomic E-state index is 13.5. The second-order valence-corrected chi connectivity index (χ2v) is 9.49. The van der Waals surface area contributed by atoms with Crippen LogP contribution in [0.3, 0.4) is 0 Å². The van der Waals surface area contributed by atoms with Crippen molar-refractivity contribution in [2.24, 2.45) is 10.8 Å². The van der Waals surface area contributed by atoms with E-state index in [4.69, 9.17) is 18.9 Å². The van der Waals surface area contributed by atoms with Crippen LogP contribution in [-0.2, 0) is 23.7 Å². The molecule has 5 aliphatic rings. The zero-order valence-corrected chi connectivity index (χ0v) is 15.9. The fraction of sp³-hybridized carbons (Fsp3) is 0.952. The summed E-state index contributed by atoms with van der Waals surface area (Å²) in [4.78, 5) is 13.5. The molecule has 0 N–H and O–H groups in total. The van der Waals surface area contributed by atoms with Gasteiger partial charge in [-0.05, 0) is 38.5 Å². The monoisotopic (exact) mass is 364 g/mol. The maximum Gasteiger partial charge on any atom is 0.168 e. The third kappa shape index (κ3) is 2.69. The van der Waals surface area contributed by atoms with Crippen molar-refractivity contribution in [2.45, 2.75) is 88.6 Å². The SMILES string of the molecule is O=C1C2(CCC13COC1(CCCCC1)OC3)COC1(CCCCC1)OC2. The van der Waals surface area contributed by atoms with Crippen LogP contribution in [0.4, 0.5) is 0 Å². The minimum atomic E-state index is -0.480. The topological polar surface area (TPSA) is 54.0 Å². The van der Waals surface area contributed by atoms with Crippen LogP contribution in [-0.4, -0.2) is 43.8 Å². The van der Waals surface area contributed by atoms with Gasteiger partial charge < -0.3 is 18.9 Å². The summed E-state index contributed by atoms with van der Waals surface area (Å²) < 4.78 is 24.9. The molecule has 5 heteroatoms. The lowest BCUT2D eigenvalue weighted by molar-refractivity contribution is -0.314. The van der Waals surface area contributed by atoms with Gasteiger partial charge in [0.2, 0.25) is 0 Å². The van der Waals surface area contributed by atoms with Crippen LogP contribution in [0.2, 0.25) is 0 Å². The number of ketones is 1. The molecule has 0 atom stereocenters. The Balaban J connectivity index is 1.26. The predicted molar refractivity (Wildman–Crippen MR) is 94.5 cm³/mol. The van der Waals surface area contributed by atoms with Crippen LogP contribution in [0, 0.1) is 10.8 Å². The van der Waals surface area contributed by atoms with E-state index in [0.717, 1.165) is 64.2 Å². The van der Waals surface area contributed by atoms with E-state index in [0.29, 0.717) is 26.4 Å². The highest BCUT2D eigenvalue weighted by molar-refractivity contribution is 5.93. The molecule has 4 spiro atoms. The van der Waals surface area contributed by atoms with Crippen molar-refractivity contribution >= 4 is 5.78 Å². The average molecular weight is 364 g/mol. The molecule has 0 unspecified atom stereocenters. The Hall–Kier alpha value is -0.490. The molecule has 0 aromatic heterocycles. The summed E-state index contributed by atoms with van der Waals surface area (Å²) in [7, 11) is 0. The summed E-state index contributed by atoms with van der Waals surface area (Å²) in [5.41, 5.74) is -0.959. The lowest BCUT2D eigenvalue weighted by atomic mass is 9.77. The number of carbonyl (C=O) groups excluding carboxylic acids is 1. The molecule has 2 heterocycles. The minimum absolute atomic E-state index is 0.265. The molecule has 5 rings (SSSR count). The van der Waals surface area contributed by atoms with Gasteiger partial charge in [-0.1, -0.05) is 12.8 Å². The molecule has 26 heavy (non-hydrogen) atoms. The Kier molecular flexibility index (Phi) is 4.24. The molecule has 3 aliphatic carbocycles. The Morgan fingerprint density at radius 1 is 0.500 bits per heavy atom. The van der Waals surface area contributed by atoms with E-state index in [2.05, 4.69) is 0 Å². The number of Topliss-reactive ketones (excluding diaryl/α,β-unsaturated/α-hetero) is 1.